The number of aryl methyl sites for hydroxylation is 1. The van der Waals surface area contributed by atoms with Gasteiger partial charge in [0.05, 0.1) is 40.4 Å². The lowest BCUT2D eigenvalue weighted by Gasteiger charge is -2.14. The molecule has 5 aromatic rings. The molecule has 0 aliphatic rings. The number of hydrogen-bond acceptors (Lipinski definition) is 6. The van der Waals surface area contributed by atoms with Crippen LogP contribution in [-0.2, 0) is 18.0 Å². The standard InChI is InChI=1S/C28H20F3N7O2/c1-37-15-35-22-11-19(20(12-23(22)37)28(29,30)31)18-4-3-9-38-24(14-34-27(18)38)26(40)16-6-7-21(17(10-16)13-33)36-25(39)5-2-8-32/h2-7,9-12,14-15H,8,32H2,1H3,(H,36,39)/b5-2+. The predicted octanol–water partition coefficient (Wildman–Crippen LogP) is 4.46. The second kappa shape index (κ2) is 10.1. The first-order valence-electron chi connectivity index (χ1n) is 11.9. The molecule has 2 aromatic carbocycles. The van der Waals surface area contributed by atoms with Crippen LogP contribution in [0.25, 0.3) is 27.8 Å². The largest absolute Gasteiger partial charge is 0.417 e. The quantitative estimate of drug-likeness (QED) is 0.240. The van der Waals surface area contributed by atoms with Gasteiger partial charge in [-0.05, 0) is 48.0 Å². The summed E-state index contributed by atoms with van der Waals surface area (Å²) in [5.74, 6) is -1.00. The van der Waals surface area contributed by atoms with Crippen molar-refractivity contribution in [3.8, 4) is 17.2 Å². The zero-order valence-electron chi connectivity index (χ0n) is 20.9. The second-order valence-corrected chi connectivity index (χ2v) is 8.83. The fourth-order valence-corrected chi connectivity index (χ4v) is 4.40. The van der Waals surface area contributed by atoms with Crippen LogP contribution in [0.5, 0.6) is 0 Å². The summed E-state index contributed by atoms with van der Waals surface area (Å²) >= 11 is 0. The number of amides is 1. The Morgan fingerprint density at radius 1 is 1.15 bits per heavy atom. The van der Waals surface area contributed by atoms with Crippen molar-refractivity contribution in [2.75, 3.05) is 11.9 Å². The van der Waals surface area contributed by atoms with Crippen LogP contribution < -0.4 is 11.1 Å². The van der Waals surface area contributed by atoms with Gasteiger partial charge < -0.3 is 15.6 Å². The number of alkyl halides is 3. The van der Waals surface area contributed by atoms with Crippen LogP contribution in [0.2, 0.25) is 0 Å². The first-order valence-corrected chi connectivity index (χ1v) is 11.9. The normalized spacial score (nSPS) is 11.8. The van der Waals surface area contributed by atoms with Crippen LogP contribution in [-0.4, -0.2) is 37.2 Å². The Labute approximate surface area is 225 Å². The van der Waals surface area contributed by atoms with Gasteiger partial charge in [-0.1, -0.05) is 6.08 Å². The molecule has 12 heteroatoms. The molecule has 40 heavy (non-hydrogen) atoms. The molecule has 9 nitrogen and oxygen atoms in total. The number of halogens is 3. The fourth-order valence-electron chi connectivity index (χ4n) is 4.40. The Hall–Kier alpha value is -5.28. The van der Waals surface area contributed by atoms with Crippen molar-refractivity contribution >= 4 is 34.1 Å². The molecule has 0 spiro atoms. The summed E-state index contributed by atoms with van der Waals surface area (Å²) in [4.78, 5) is 33.9. The molecule has 3 heterocycles. The van der Waals surface area contributed by atoms with Crippen molar-refractivity contribution in [3.05, 3.63) is 95.7 Å². The molecule has 0 fully saturated rings. The van der Waals surface area contributed by atoms with Crippen molar-refractivity contribution in [2.45, 2.75) is 6.18 Å². The number of nitrogens with zero attached hydrogens (tertiary/aromatic N) is 5. The molecule has 200 valence electrons. The van der Waals surface area contributed by atoms with E-state index in [1.165, 1.54) is 76.2 Å². The third-order valence-electron chi connectivity index (χ3n) is 6.29. The summed E-state index contributed by atoms with van der Waals surface area (Å²) in [6.07, 6.45) is 2.25. The summed E-state index contributed by atoms with van der Waals surface area (Å²) < 4.78 is 45.3. The van der Waals surface area contributed by atoms with E-state index in [0.29, 0.717) is 11.0 Å². The van der Waals surface area contributed by atoms with Gasteiger partial charge in [-0.15, -0.1) is 0 Å². The summed E-state index contributed by atoms with van der Waals surface area (Å²) in [5, 5.41) is 12.1. The van der Waals surface area contributed by atoms with Gasteiger partial charge in [-0.2, -0.15) is 18.4 Å². The maximum atomic E-state index is 14.1. The monoisotopic (exact) mass is 543 g/mol. The van der Waals surface area contributed by atoms with Crippen molar-refractivity contribution in [1.29, 1.82) is 5.26 Å². The predicted molar refractivity (Wildman–Crippen MR) is 141 cm³/mol. The van der Waals surface area contributed by atoms with E-state index in [1.807, 2.05) is 6.07 Å². The van der Waals surface area contributed by atoms with Gasteiger partial charge in [0.2, 0.25) is 11.7 Å². The number of fused-ring (bicyclic) bond motifs is 2. The molecule has 0 radical (unpaired) electrons. The number of nitriles is 1. The van der Waals surface area contributed by atoms with E-state index in [0.717, 1.165) is 6.07 Å². The van der Waals surface area contributed by atoms with Gasteiger partial charge in [0.1, 0.15) is 17.4 Å². The van der Waals surface area contributed by atoms with Crippen LogP contribution in [0.4, 0.5) is 18.9 Å². The van der Waals surface area contributed by atoms with E-state index in [1.54, 1.807) is 7.05 Å². The number of imidazole rings is 2. The number of rotatable bonds is 6. The lowest BCUT2D eigenvalue weighted by atomic mass is 9.99. The molecule has 3 N–H and O–H groups in total. The number of anilines is 1. The average molecular weight is 544 g/mol. The molecule has 0 saturated carbocycles. The van der Waals surface area contributed by atoms with E-state index in [4.69, 9.17) is 5.73 Å². The zero-order chi connectivity index (χ0) is 28.6. The van der Waals surface area contributed by atoms with Gasteiger partial charge in [-0.3, -0.25) is 14.0 Å². The lowest BCUT2D eigenvalue weighted by Crippen LogP contribution is -2.11. The SMILES string of the molecule is Cn1cnc2cc(-c3cccn4c(C(=O)c5ccc(NC(=O)/C=C/CN)c(C#N)c5)cnc34)c(C(F)(F)F)cc21. The second-order valence-electron chi connectivity index (χ2n) is 8.83. The van der Waals surface area contributed by atoms with Gasteiger partial charge in [0.15, 0.2) is 0 Å². The van der Waals surface area contributed by atoms with Gasteiger partial charge >= 0.3 is 6.18 Å². The number of nitrogens with one attached hydrogen (secondary N) is 1. The number of aromatic nitrogens is 4. The molecule has 0 unspecified atom stereocenters. The third-order valence-corrected chi connectivity index (χ3v) is 6.29. The molecule has 3 aromatic heterocycles. The van der Waals surface area contributed by atoms with Gasteiger partial charge in [0.25, 0.3) is 0 Å². The highest BCUT2D eigenvalue weighted by atomic mass is 19.4. The molecule has 0 aliphatic heterocycles. The summed E-state index contributed by atoms with van der Waals surface area (Å²) in [6, 6.07) is 11.6. The number of pyridine rings is 1. The molecule has 0 atom stereocenters. The number of hydrogen-bond donors (Lipinski definition) is 2. The van der Waals surface area contributed by atoms with Crippen molar-refractivity contribution in [1.82, 2.24) is 18.9 Å². The van der Waals surface area contributed by atoms with Gasteiger partial charge in [-0.25, -0.2) is 9.97 Å². The van der Waals surface area contributed by atoms with E-state index in [-0.39, 0.29) is 45.8 Å². The minimum Gasteiger partial charge on any atom is -0.334 e. The third kappa shape index (κ3) is 4.70. The highest BCUT2D eigenvalue weighted by molar-refractivity contribution is 6.09. The molecule has 0 aliphatic carbocycles. The van der Waals surface area contributed by atoms with E-state index in [2.05, 4.69) is 15.3 Å². The number of nitrogens with two attached hydrogens (primary N) is 1. The molecule has 1 amide bonds. The summed E-state index contributed by atoms with van der Waals surface area (Å²) in [7, 11) is 1.61. The first kappa shape index (κ1) is 26.3. The van der Waals surface area contributed by atoms with Crippen molar-refractivity contribution in [2.24, 2.45) is 12.8 Å². The Kier molecular flexibility index (Phi) is 6.66. The maximum absolute atomic E-state index is 14.1. The Bertz CT molecular complexity index is 1880. The lowest BCUT2D eigenvalue weighted by molar-refractivity contribution is -0.137. The minimum absolute atomic E-state index is 0.0494. The fraction of sp³-hybridized carbons (Fsp3) is 0.107. The number of carbonyl (C=O) groups is 2. The van der Waals surface area contributed by atoms with E-state index in [9.17, 15) is 28.0 Å². The van der Waals surface area contributed by atoms with Crippen LogP contribution in [0, 0.1) is 11.3 Å². The number of benzene rings is 2. The number of carbonyl (C=O) groups excluding carboxylic acids is 2. The van der Waals surface area contributed by atoms with E-state index < -0.39 is 23.4 Å². The van der Waals surface area contributed by atoms with Crippen molar-refractivity contribution < 1.29 is 22.8 Å². The maximum Gasteiger partial charge on any atom is 0.417 e. The van der Waals surface area contributed by atoms with Crippen LogP contribution in [0.1, 0.15) is 27.2 Å². The summed E-state index contributed by atoms with van der Waals surface area (Å²) in [6.45, 7) is 0.169. The average Bonchev–Trinajstić information content (AvgIpc) is 3.53. The summed E-state index contributed by atoms with van der Waals surface area (Å²) in [5.41, 5.74) is 5.84. The van der Waals surface area contributed by atoms with E-state index >= 15 is 0 Å². The Morgan fingerprint density at radius 2 is 1.95 bits per heavy atom. The van der Waals surface area contributed by atoms with Crippen molar-refractivity contribution in [3.63, 3.8) is 0 Å². The highest BCUT2D eigenvalue weighted by Crippen LogP contribution is 2.40. The van der Waals surface area contributed by atoms with Crippen LogP contribution in [0.3, 0.4) is 0 Å². The van der Waals surface area contributed by atoms with Crippen LogP contribution in [0.15, 0.2) is 73.3 Å². The van der Waals surface area contributed by atoms with Gasteiger partial charge in [0, 0.05) is 37.0 Å². The molecular weight excluding hydrogens is 523 g/mol. The highest BCUT2D eigenvalue weighted by Gasteiger charge is 2.35. The molecule has 0 saturated heterocycles. The molecule has 0 bridgehead atoms. The molecule has 5 rings (SSSR count). The van der Waals surface area contributed by atoms with Crippen LogP contribution >= 0.6 is 0 Å². The topological polar surface area (TPSA) is 131 Å². The Morgan fingerprint density at radius 3 is 2.67 bits per heavy atom. The molecular formula is C28H20F3N7O2. The smallest absolute Gasteiger partial charge is 0.334 e. The Balaban J connectivity index is 1.57. The minimum atomic E-state index is -4.66. The first-order chi connectivity index (χ1) is 19.1. The zero-order valence-corrected chi connectivity index (χ0v) is 20.9. The number of ketones is 1.